The molecule has 0 unspecified atom stereocenters. The number of amides is 1. The van der Waals surface area contributed by atoms with E-state index in [0.29, 0.717) is 35.9 Å². The standard InChI is InChI=1S/C26H26F3N7O/c1-17-24(30)32-15-22(33-17)5-3-18-11-20(14-31-13-18)25(37)34-21-6-4-19(23(12-21)26(27,28)29)16-36-9-7-35(2)8-10-36/h4,6,11-15H,7-10,16H2,1-2H3,(H2,30,32)(H,34,37). The van der Waals surface area contributed by atoms with E-state index in [0.717, 1.165) is 19.2 Å². The van der Waals surface area contributed by atoms with Crippen LogP contribution in [0.2, 0.25) is 0 Å². The van der Waals surface area contributed by atoms with Crippen LogP contribution in [0.4, 0.5) is 24.7 Å². The maximum atomic E-state index is 13.8. The third kappa shape index (κ3) is 6.81. The minimum atomic E-state index is -4.55. The van der Waals surface area contributed by atoms with Gasteiger partial charge in [-0.15, -0.1) is 0 Å². The molecule has 0 radical (unpaired) electrons. The number of aromatic nitrogens is 3. The number of hydrogen-bond acceptors (Lipinski definition) is 7. The molecule has 4 rings (SSSR count). The molecule has 1 aliphatic rings. The van der Waals surface area contributed by atoms with Crippen molar-refractivity contribution >= 4 is 17.4 Å². The van der Waals surface area contributed by atoms with E-state index in [2.05, 4.69) is 37.0 Å². The van der Waals surface area contributed by atoms with Gasteiger partial charge in [-0.3, -0.25) is 14.7 Å². The van der Waals surface area contributed by atoms with Crippen LogP contribution in [-0.4, -0.2) is 63.9 Å². The lowest BCUT2D eigenvalue weighted by molar-refractivity contribution is -0.138. The van der Waals surface area contributed by atoms with Gasteiger partial charge in [0, 0.05) is 56.4 Å². The highest BCUT2D eigenvalue weighted by Gasteiger charge is 2.34. The Kier molecular flexibility index (Phi) is 7.71. The van der Waals surface area contributed by atoms with E-state index in [1.165, 1.54) is 36.8 Å². The zero-order chi connectivity index (χ0) is 26.6. The number of nitrogen functional groups attached to an aromatic ring is 1. The number of hydrogen-bond donors (Lipinski definition) is 2. The third-order valence-electron chi connectivity index (χ3n) is 5.98. The predicted octanol–water partition coefficient (Wildman–Crippen LogP) is 3.18. The second kappa shape index (κ2) is 10.9. The first kappa shape index (κ1) is 26.1. The van der Waals surface area contributed by atoms with Gasteiger partial charge in [0.1, 0.15) is 11.5 Å². The van der Waals surface area contributed by atoms with E-state index < -0.39 is 17.6 Å². The monoisotopic (exact) mass is 509 g/mol. The topological polar surface area (TPSA) is 100 Å². The summed E-state index contributed by atoms with van der Waals surface area (Å²) in [5.41, 5.74) is 6.65. The number of carbonyl (C=O) groups is 1. The molecule has 3 heterocycles. The Morgan fingerprint density at radius 1 is 1.11 bits per heavy atom. The molecule has 192 valence electrons. The predicted molar refractivity (Wildman–Crippen MR) is 134 cm³/mol. The fourth-order valence-corrected chi connectivity index (χ4v) is 3.83. The van der Waals surface area contributed by atoms with E-state index in [4.69, 9.17) is 5.73 Å². The molecule has 8 nitrogen and oxygen atoms in total. The first-order valence-electron chi connectivity index (χ1n) is 11.6. The second-order valence-electron chi connectivity index (χ2n) is 8.84. The number of nitrogens with one attached hydrogen (secondary N) is 1. The van der Waals surface area contributed by atoms with Gasteiger partial charge >= 0.3 is 6.18 Å². The molecule has 0 aliphatic carbocycles. The first-order chi connectivity index (χ1) is 17.6. The van der Waals surface area contributed by atoms with Crippen molar-refractivity contribution in [2.45, 2.75) is 19.6 Å². The second-order valence-corrected chi connectivity index (χ2v) is 8.84. The maximum Gasteiger partial charge on any atom is 0.416 e. The summed E-state index contributed by atoms with van der Waals surface area (Å²) >= 11 is 0. The van der Waals surface area contributed by atoms with Crippen LogP contribution >= 0.6 is 0 Å². The molecule has 1 amide bonds. The zero-order valence-electron chi connectivity index (χ0n) is 20.4. The molecule has 11 heteroatoms. The Bertz CT molecular complexity index is 1360. The number of nitrogens with zero attached hydrogens (tertiary/aromatic N) is 5. The summed E-state index contributed by atoms with van der Waals surface area (Å²) in [5.74, 6) is 5.39. The van der Waals surface area contributed by atoms with Gasteiger partial charge in [0.25, 0.3) is 5.91 Å². The van der Waals surface area contributed by atoms with Crippen LogP contribution in [0, 0.1) is 18.8 Å². The van der Waals surface area contributed by atoms with Crippen molar-refractivity contribution in [2.24, 2.45) is 0 Å². The summed E-state index contributed by atoms with van der Waals surface area (Å²) in [6, 6.07) is 5.38. The molecule has 1 fully saturated rings. The van der Waals surface area contributed by atoms with Gasteiger partial charge in [-0.2, -0.15) is 13.2 Å². The Balaban J connectivity index is 1.50. The maximum absolute atomic E-state index is 13.8. The van der Waals surface area contributed by atoms with Crippen molar-refractivity contribution in [2.75, 3.05) is 44.3 Å². The number of aryl methyl sites for hydroxylation is 1. The fraction of sp³-hybridized carbons (Fsp3) is 0.308. The van der Waals surface area contributed by atoms with Crippen molar-refractivity contribution in [3.05, 3.63) is 76.5 Å². The summed E-state index contributed by atoms with van der Waals surface area (Å²) in [6.45, 7) is 4.91. The number of anilines is 2. The van der Waals surface area contributed by atoms with Gasteiger partial charge < -0.3 is 16.0 Å². The summed E-state index contributed by atoms with van der Waals surface area (Å²) in [5, 5.41) is 2.54. The van der Waals surface area contributed by atoms with E-state index >= 15 is 0 Å². The lowest BCUT2D eigenvalue weighted by atomic mass is 10.0. The number of benzene rings is 1. The van der Waals surface area contributed by atoms with Crippen molar-refractivity contribution in [3.63, 3.8) is 0 Å². The lowest BCUT2D eigenvalue weighted by Crippen LogP contribution is -2.44. The van der Waals surface area contributed by atoms with Crippen molar-refractivity contribution < 1.29 is 18.0 Å². The molecule has 1 aliphatic heterocycles. The lowest BCUT2D eigenvalue weighted by Gasteiger charge is -2.33. The molecule has 1 aromatic carbocycles. The number of alkyl halides is 3. The van der Waals surface area contributed by atoms with Gasteiger partial charge in [0.05, 0.1) is 23.0 Å². The van der Waals surface area contributed by atoms with E-state index in [-0.39, 0.29) is 23.4 Å². The van der Waals surface area contributed by atoms with Gasteiger partial charge in [0.2, 0.25) is 0 Å². The smallest absolute Gasteiger partial charge is 0.382 e. The third-order valence-corrected chi connectivity index (χ3v) is 5.98. The minimum absolute atomic E-state index is 0.0450. The average Bonchev–Trinajstić information content (AvgIpc) is 2.86. The highest BCUT2D eigenvalue weighted by molar-refractivity contribution is 6.04. The Labute approximate surface area is 212 Å². The molecule has 3 N–H and O–H groups in total. The number of nitrogens with two attached hydrogens (primary N) is 1. The van der Waals surface area contributed by atoms with Crippen LogP contribution in [-0.2, 0) is 12.7 Å². The number of carbonyl (C=O) groups excluding carboxylic acids is 1. The number of pyridine rings is 1. The molecular weight excluding hydrogens is 483 g/mol. The molecule has 0 atom stereocenters. The molecule has 0 bridgehead atoms. The van der Waals surface area contributed by atoms with Gasteiger partial charge in [-0.25, -0.2) is 9.97 Å². The van der Waals surface area contributed by atoms with Crippen molar-refractivity contribution in [1.82, 2.24) is 24.8 Å². The summed E-state index contributed by atoms with van der Waals surface area (Å²) in [6.07, 6.45) is -0.329. The highest BCUT2D eigenvalue weighted by atomic mass is 19.4. The van der Waals surface area contributed by atoms with E-state index in [1.54, 1.807) is 6.92 Å². The molecule has 2 aromatic heterocycles. The zero-order valence-corrected chi connectivity index (χ0v) is 20.4. The van der Waals surface area contributed by atoms with Gasteiger partial charge in [-0.05, 0) is 43.7 Å². The molecule has 3 aromatic rings. The van der Waals surface area contributed by atoms with Crippen molar-refractivity contribution in [1.29, 1.82) is 0 Å². The van der Waals surface area contributed by atoms with Crippen LogP contribution in [0.1, 0.15) is 38.4 Å². The first-order valence-corrected chi connectivity index (χ1v) is 11.6. The number of halogens is 3. The average molecular weight is 510 g/mol. The SMILES string of the molecule is Cc1nc(C#Cc2cncc(C(=O)Nc3ccc(CN4CCN(C)CC4)c(C(F)(F)F)c3)c2)cnc1N. The summed E-state index contributed by atoms with van der Waals surface area (Å²) in [4.78, 5) is 29.2. The Morgan fingerprint density at radius 3 is 2.57 bits per heavy atom. The van der Waals surface area contributed by atoms with Crippen LogP contribution in [0.15, 0.2) is 42.9 Å². The fourth-order valence-electron chi connectivity index (χ4n) is 3.83. The number of piperazine rings is 1. The van der Waals surface area contributed by atoms with E-state index in [1.807, 2.05) is 11.9 Å². The number of rotatable bonds is 4. The molecular formula is C26H26F3N7O. The van der Waals surface area contributed by atoms with Crippen LogP contribution in [0.5, 0.6) is 0 Å². The summed E-state index contributed by atoms with van der Waals surface area (Å²) < 4.78 is 41.5. The molecule has 1 saturated heterocycles. The highest BCUT2D eigenvalue weighted by Crippen LogP contribution is 2.34. The molecule has 37 heavy (non-hydrogen) atoms. The molecule has 0 saturated carbocycles. The Morgan fingerprint density at radius 2 is 1.86 bits per heavy atom. The Hall–Kier alpha value is -4.01. The number of likely N-dealkylation sites (N-methyl/N-ethyl adjacent to an activating group) is 1. The van der Waals surface area contributed by atoms with Crippen molar-refractivity contribution in [3.8, 4) is 11.8 Å². The molecule has 0 spiro atoms. The van der Waals surface area contributed by atoms with Gasteiger partial charge in [-0.1, -0.05) is 12.0 Å². The normalized spacial score (nSPS) is 14.6. The largest absolute Gasteiger partial charge is 0.416 e. The minimum Gasteiger partial charge on any atom is -0.382 e. The summed E-state index contributed by atoms with van der Waals surface area (Å²) in [7, 11) is 1.99. The van der Waals surface area contributed by atoms with Crippen LogP contribution in [0.3, 0.4) is 0 Å². The van der Waals surface area contributed by atoms with E-state index in [9.17, 15) is 18.0 Å². The van der Waals surface area contributed by atoms with Gasteiger partial charge in [0.15, 0.2) is 0 Å². The quantitative estimate of drug-likeness (QED) is 0.521. The van der Waals surface area contributed by atoms with Crippen LogP contribution < -0.4 is 11.1 Å². The van der Waals surface area contributed by atoms with Crippen LogP contribution in [0.25, 0.3) is 0 Å².